The fourth-order valence-corrected chi connectivity index (χ4v) is 2.77. The molecule has 0 spiro atoms. The van der Waals surface area contributed by atoms with Gasteiger partial charge in [-0.1, -0.05) is 41.9 Å². The van der Waals surface area contributed by atoms with Crippen LogP contribution in [0.3, 0.4) is 0 Å². The van der Waals surface area contributed by atoms with E-state index in [1.807, 2.05) is 30.3 Å². The highest BCUT2D eigenvalue weighted by Crippen LogP contribution is 2.24. The summed E-state index contributed by atoms with van der Waals surface area (Å²) in [4.78, 5) is 14.4. The summed E-state index contributed by atoms with van der Waals surface area (Å²) in [5.41, 5.74) is 1.57. The van der Waals surface area contributed by atoms with Crippen molar-refractivity contribution < 1.29 is 0 Å². The van der Waals surface area contributed by atoms with Gasteiger partial charge in [0.05, 0.1) is 18.4 Å². The molecule has 0 amide bonds. The van der Waals surface area contributed by atoms with Crippen molar-refractivity contribution in [2.45, 2.75) is 19.4 Å². The smallest absolute Gasteiger partial charge is 0.287 e. The molecule has 1 aromatic carbocycles. The second kappa shape index (κ2) is 5.67. The third kappa shape index (κ3) is 2.56. The van der Waals surface area contributed by atoms with E-state index < -0.39 is 0 Å². The number of aromatic nitrogens is 2. The Bertz CT molecular complexity index is 648. The predicted octanol–water partition coefficient (Wildman–Crippen LogP) is 2.55. The molecule has 2 aromatic rings. The maximum atomic E-state index is 12.3. The Morgan fingerprint density at radius 1 is 1.15 bits per heavy atom. The van der Waals surface area contributed by atoms with Crippen LogP contribution in [-0.4, -0.2) is 22.9 Å². The summed E-state index contributed by atoms with van der Waals surface area (Å²) in [5, 5.41) is 4.53. The average Bonchev–Trinajstić information content (AvgIpc) is 2.99. The quantitative estimate of drug-likeness (QED) is 0.871. The van der Waals surface area contributed by atoms with E-state index in [0.717, 1.165) is 37.2 Å². The Hall–Kier alpha value is -1.81. The molecule has 5 heteroatoms. The molecule has 1 saturated heterocycles. The normalized spacial score (nSPS) is 14.8. The van der Waals surface area contributed by atoms with Crippen molar-refractivity contribution in [3.8, 4) is 0 Å². The minimum absolute atomic E-state index is 0.222. The van der Waals surface area contributed by atoms with Gasteiger partial charge in [0.15, 0.2) is 0 Å². The second-order valence-corrected chi connectivity index (χ2v) is 5.36. The Balaban J connectivity index is 1.90. The van der Waals surface area contributed by atoms with Gasteiger partial charge in [-0.15, -0.1) is 0 Å². The van der Waals surface area contributed by atoms with Crippen LogP contribution in [0.4, 0.5) is 5.69 Å². The van der Waals surface area contributed by atoms with E-state index >= 15 is 0 Å². The summed E-state index contributed by atoms with van der Waals surface area (Å²) in [6.45, 7) is 2.34. The van der Waals surface area contributed by atoms with Crippen LogP contribution < -0.4 is 10.5 Å². The monoisotopic (exact) mass is 289 g/mol. The Morgan fingerprint density at radius 2 is 1.85 bits per heavy atom. The van der Waals surface area contributed by atoms with Gasteiger partial charge in [-0.05, 0) is 18.4 Å². The molecule has 2 heterocycles. The molecule has 0 N–H and O–H groups in total. The van der Waals surface area contributed by atoms with Gasteiger partial charge >= 0.3 is 0 Å². The third-order valence-electron chi connectivity index (χ3n) is 3.59. The van der Waals surface area contributed by atoms with Gasteiger partial charge in [0.2, 0.25) is 0 Å². The lowest BCUT2D eigenvalue weighted by Crippen LogP contribution is -2.28. The molecule has 1 aliphatic rings. The molecule has 0 radical (unpaired) electrons. The van der Waals surface area contributed by atoms with Gasteiger partial charge in [0, 0.05) is 13.1 Å². The summed E-state index contributed by atoms with van der Waals surface area (Å²) in [6.07, 6.45) is 3.99. The average molecular weight is 290 g/mol. The summed E-state index contributed by atoms with van der Waals surface area (Å²) < 4.78 is 1.41. The summed E-state index contributed by atoms with van der Waals surface area (Å²) in [6, 6.07) is 9.77. The SMILES string of the molecule is O=c1c(Cl)c(N2CCCC2)cnn1Cc1ccccc1. The van der Waals surface area contributed by atoms with Crippen LogP contribution in [-0.2, 0) is 6.54 Å². The van der Waals surface area contributed by atoms with Gasteiger partial charge in [-0.25, -0.2) is 4.68 Å². The van der Waals surface area contributed by atoms with E-state index in [1.54, 1.807) is 6.20 Å². The Labute approximate surface area is 122 Å². The lowest BCUT2D eigenvalue weighted by Gasteiger charge is -2.18. The zero-order valence-corrected chi connectivity index (χ0v) is 11.9. The van der Waals surface area contributed by atoms with Crippen LogP contribution in [0.5, 0.6) is 0 Å². The zero-order chi connectivity index (χ0) is 13.9. The van der Waals surface area contributed by atoms with E-state index in [1.165, 1.54) is 4.68 Å². The second-order valence-electron chi connectivity index (χ2n) is 4.99. The van der Waals surface area contributed by atoms with Crippen LogP contribution in [0.25, 0.3) is 0 Å². The molecule has 104 valence electrons. The van der Waals surface area contributed by atoms with E-state index in [0.29, 0.717) is 6.54 Å². The highest BCUT2D eigenvalue weighted by Gasteiger charge is 2.18. The van der Waals surface area contributed by atoms with Gasteiger partial charge in [0.25, 0.3) is 5.56 Å². The molecule has 0 bridgehead atoms. The van der Waals surface area contributed by atoms with Gasteiger partial charge < -0.3 is 4.90 Å². The number of benzene rings is 1. The van der Waals surface area contributed by atoms with Crippen molar-refractivity contribution >= 4 is 17.3 Å². The standard InChI is InChI=1S/C15H16ClN3O/c16-14-13(18-8-4-5-9-18)10-17-19(15(14)20)11-12-6-2-1-3-7-12/h1-3,6-7,10H,4-5,8-9,11H2. The molecule has 0 saturated carbocycles. The van der Waals surface area contributed by atoms with E-state index in [2.05, 4.69) is 10.00 Å². The van der Waals surface area contributed by atoms with Crippen molar-refractivity contribution in [1.82, 2.24) is 9.78 Å². The summed E-state index contributed by atoms with van der Waals surface area (Å²) in [5.74, 6) is 0. The summed E-state index contributed by atoms with van der Waals surface area (Å²) in [7, 11) is 0. The number of nitrogens with zero attached hydrogens (tertiary/aromatic N) is 3. The number of hydrogen-bond donors (Lipinski definition) is 0. The maximum absolute atomic E-state index is 12.3. The molecule has 1 fully saturated rings. The largest absolute Gasteiger partial charge is 0.369 e. The molecule has 1 aliphatic heterocycles. The first kappa shape index (κ1) is 13.2. The first-order valence-electron chi connectivity index (χ1n) is 6.80. The van der Waals surface area contributed by atoms with Gasteiger partial charge in [-0.2, -0.15) is 5.10 Å². The highest BCUT2D eigenvalue weighted by atomic mass is 35.5. The van der Waals surface area contributed by atoms with Crippen LogP contribution in [0.15, 0.2) is 41.3 Å². The van der Waals surface area contributed by atoms with Crippen LogP contribution in [0.2, 0.25) is 5.02 Å². The number of halogens is 1. The number of hydrogen-bond acceptors (Lipinski definition) is 3. The van der Waals surface area contributed by atoms with E-state index in [4.69, 9.17) is 11.6 Å². The van der Waals surface area contributed by atoms with Crippen LogP contribution >= 0.6 is 11.6 Å². The summed E-state index contributed by atoms with van der Waals surface area (Å²) >= 11 is 6.23. The third-order valence-corrected chi connectivity index (χ3v) is 3.94. The minimum Gasteiger partial charge on any atom is -0.369 e. The van der Waals surface area contributed by atoms with Crippen molar-refractivity contribution in [3.05, 3.63) is 57.5 Å². The Kier molecular flexibility index (Phi) is 3.74. The zero-order valence-electron chi connectivity index (χ0n) is 11.1. The molecule has 0 aliphatic carbocycles. The molecular weight excluding hydrogens is 274 g/mol. The molecule has 4 nitrogen and oxygen atoms in total. The molecular formula is C15H16ClN3O. The van der Waals surface area contributed by atoms with Crippen molar-refractivity contribution in [2.24, 2.45) is 0 Å². The lowest BCUT2D eigenvalue weighted by molar-refractivity contribution is 0.637. The fraction of sp³-hybridized carbons (Fsp3) is 0.333. The van der Waals surface area contributed by atoms with E-state index in [-0.39, 0.29) is 10.6 Å². The van der Waals surface area contributed by atoms with Gasteiger partial charge in [0.1, 0.15) is 5.02 Å². The molecule has 0 atom stereocenters. The maximum Gasteiger partial charge on any atom is 0.287 e. The molecule has 3 rings (SSSR count). The number of rotatable bonds is 3. The lowest BCUT2D eigenvalue weighted by atomic mass is 10.2. The first-order valence-corrected chi connectivity index (χ1v) is 7.18. The van der Waals surface area contributed by atoms with Gasteiger partial charge in [-0.3, -0.25) is 4.79 Å². The van der Waals surface area contributed by atoms with E-state index in [9.17, 15) is 4.79 Å². The topological polar surface area (TPSA) is 38.1 Å². The first-order chi connectivity index (χ1) is 9.75. The predicted molar refractivity (Wildman–Crippen MR) is 80.5 cm³/mol. The Morgan fingerprint density at radius 3 is 2.55 bits per heavy atom. The van der Waals surface area contributed by atoms with Crippen LogP contribution in [0, 0.1) is 0 Å². The van der Waals surface area contributed by atoms with Crippen LogP contribution in [0.1, 0.15) is 18.4 Å². The molecule has 20 heavy (non-hydrogen) atoms. The van der Waals surface area contributed by atoms with Crippen molar-refractivity contribution in [1.29, 1.82) is 0 Å². The van der Waals surface area contributed by atoms with Crippen molar-refractivity contribution in [2.75, 3.05) is 18.0 Å². The molecule has 1 aromatic heterocycles. The fourth-order valence-electron chi connectivity index (χ4n) is 2.50. The minimum atomic E-state index is -0.222. The number of anilines is 1. The highest BCUT2D eigenvalue weighted by molar-refractivity contribution is 6.33. The molecule has 0 unspecified atom stereocenters. The van der Waals surface area contributed by atoms with Crippen molar-refractivity contribution in [3.63, 3.8) is 0 Å².